The van der Waals surface area contributed by atoms with Crippen LogP contribution in [0.25, 0.3) is 0 Å². The zero-order valence-corrected chi connectivity index (χ0v) is 15.3. The Morgan fingerprint density at radius 2 is 1.59 bits per heavy atom. The van der Waals surface area contributed by atoms with Crippen LogP contribution in [0, 0.1) is 11.6 Å². The second-order valence-corrected chi connectivity index (χ2v) is 7.50. The van der Waals surface area contributed by atoms with E-state index >= 15 is 0 Å². The first kappa shape index (κ1) is 18.1. The van der Waals surface area contributed by atoms with Crippen LogP contribution < -0.4 is 0 Å². The van der Waals surface area contributed by atoms with Crippen LogP contribution in [0.4, 0.5) is 8.78 Å². The predicted octanol–water partition coefficient (Wildman–Crippen LogP) is 3.21. The maximum absolute atomic E-state index is 13.3. The molecular formula is C22H24F2N2O. The molecule has 1 fully saturated rings. The van der Waals surface area contributed by atoms with E-state index in [1.807, 2.05) is 4.90 Å². The van der Waals surface area contributed by atoms with Gasteiger partial charge in [-0.1, -0.05) is 30.3 Å². The van der Waals surface area contributed by atoms with E-state index in [0.717, 1.165) is 45.1 Å². The lowest BCUT2D eigenvalue weighted by Crippen LogP contribution is -2.52. The highest BCUT2D eigenvalue weighted by Crippen LogP contribution is 2.26. The number of carbonyl (C=O) groups excluding carboxylic acids is 1. The highest BCUT2D eigenvalue weighted by atomic mass is 19.2. The summed E-state index contributed by atoms with van der Waals surface area (Å²) in [5.41, 5.74) is 3.56. The third kappa shape index (κ3) is 4.03. The smallest absolute Gasteiger partial charge is 0.222 e. The molecule has 2 aromatic rings. The van der Waals surface area contributed by atoms with Gasteiger partial charge in [-0.25, -0.2) is 8.78 Å². The molecule has 0 unspecified atom stereocenters. The lowest BCUT2D eigenvalue weighted by molar-refractivity contribution is -0.133. The van der Waals surface area contributed by atoms with Gasteiger partial charge in [0.2, 0.25) is 5.91 Å². The molecular weight excluding hydrogens is 346 g/mol. The molecule has 1 saturated heterocycles. The van der Waals surface area contributed by atoms with Crippen molar-refractivity contribution in [2.75, 3.05) is 26.2 Å². The topological polar surface area (TPSA) is 23.6 Å². The molecule has 0 N–H and O–H groups in total. The molecule has 142 valence electrons. The molecule has 0 radical (unpaired) electrons. The fraction of sp³-hybridized carbons (Fsp3) is 0.409. The van der Waals surface area contributed by atoms with Crippen LogP contribution in [-0.2, 0) is 24.1 Å². The Kier molecular flexibility index (Phi) is 5.21. The van der Waals surface area contributed by atoms with Crippen molar-refractivity contribution >= 4 is 5.91 Å². The second kappa shape index (κ2) is 7.77. The van der Waals surface area contributed by atoms with Crippen LogP contribution in [0.3, 0.4) is 0 Å². The third-order valence-corrected chi connectivity index (χ3v) is 5.82. The molecule has 1 aliphatic heterocycles. The van der Waals surface area contributed by atoms with Crippen molar-refractivity contribution in [1.82, 2.24) is 9.80 Å². The van der Waals surface area contributed by atoms with E-state index in [-0.39, 0.29) is 5.91 Å². The number of hydrogen-bond acceptors (Lipinski definition) is 2. The normalized spacial score (nSPS) is 17.9. The number of piperazine rings is 1. The summed E-state index contributed by atoms with van der Waals surface area (Å²) in [5, 5.41) is 0. The summed E-state index contributed by atoms with van der Waals surface area (Å²) in [6.45, 7) is 3.28. The van der Waals surface area contributed by atoms with Crippen molar-refractivity contribution in [3.05, 3.63) is 70.8 Å². The summed E-state index contributed by atoms with van der Waals surface area (Å²) in [5.74, 6) is -1.62. The standard InChI is InChI=1S/C22H24F2N2O/c23-20-7-5-16(13-21(20)24)6-8-22(27)26-11-9-25(10-12-26)19-14-17-3-1-2-4-18(17)15-19/h1-5,7,13,19H,6,8-12,14-15H2. The Balaban J connectivity index is 1.25. The van der Waals surface area contributed by atoms with Crippen molar-refractivity contribution in [2.45, 2.75) is 31.7 Å². The number of aryl methyl sites for hydroxylation is 1. The lowest BCUT2D eigenvalue weighted by atomic mass is 10.1. The lowest BCUT2D eigenvalue weighted by Gasteiger charge is -2.38. The van der Waals surface area contributed by atoms with Gasteiger partial charge in [0, 0.05) is 38.6 Å². The number of hydrogen-bond donors (Lipinski definition) is 0. The van der Waals surface area contributed by atoms with Crippen molar-refractivity contribution in [3.8, 4) is 0 Å². The van der Waals surface area contributed by atoms with E-state index < -0.39 is 11.6 Å². The maximum Gasteiger partial charge on any atom is 0.222 e. The summed E-state index contributed by atoms with van der Waals surface area (Å²) < 4.78 is 26.3. The summed E-state index contributed by atoms with van der Waals surface area (Å²) in [6, 6.07) is 13.0. The molecule has 1 aliphatic carbocycles. The maximum atomic E-state index is 13.3. The predicted molar refractivity (Wildman–Crippen MR) is 100 cm³/mol. The summed E-state index contributed by atoms with van der Waals surface area (Å²) >= 11 is 0. The number of rotatable bonds is 4. The molecule has 1 heterocycles. The van der Waals surface area contributed by atoms with Crippen LogP contribution in [0.1, 0.15) is 23.1 Å². The van der Waals surface area contributed by atoms with Gasteiger partial charge in [-0.2, -0.15) is 0 Å². The highest BCUT2D eigenvalue weighted by Gasteiger charge is 2.30. The number of fused-ring (bicyclic) bond motifs is 1. The van der Waals surface area contributed by atoms with Gasteiger partial charge in [-0.3, -0.25) is 9.69 Å². The Morgan fingerprint density at radius 3 is 2.22 bits per heavy atom. The molecule has 2 aromatic carbocycles. The number of nitrogens with zero attached hydrogens (tertiary/aromatic N) is 2. The van der Waals surface area contributed by atoms with Crippen LogP contribution >= 0.6 is 0 Å². The zero-order valence-electron chi connectivity index (χ0n) is 15.3. The van der Waals surface area contributed by atoms with Crippen molar-refractivity contribution in [1.29, 1.82) is 0 Å². The summed E-state index contributed by atoms with van der Waals surface area (Å²) in [7, 11) is 0. The number of halogens is 2. The molecule has 4 rings (SSSR count). The second-order valence-electron chi connectivity index (χ2n) is 7.50. The summed E-state index contributed by atoms with van der Waals surface area (Å²) in [6.07, 6.45) is 2.97. The zero-order chi connectivity index (χ0) is 18.8. The monoisotopic (exact) mass is 370 g/mol. The molecule has 0 bridgehead atoms. The van der Waals surface area contributed by atoms with E-state index in [9.17, 15) is 13.6 Å². The van der Waals surface area contributed by atoms with Gasteiger partial charge in [-0.15, -0.1) is 0 Å². The van der Waals surface area contributed by atoms with Gasteiger partial charge in [0.05, 0.1) is 0 Å². The van der Waals surface area contributed by atoms with Crippen molar-refractivity contribution < 1.29 is 13.6 Å². The molecule has 27 heavy (non-hydrogen) atoms. The first-order valence-corrected chi connectivity index (χ1v) is 9.62. The van der Waals surface area contributed by atoms with E-state index in [2.05, 4.69) is 29.2 Å². The molecule has 0 atom stereocenters. The van der Waals surface area contributed by atoms with Crippen molar-refractivity contribution in [3.63, 3.8) is 0 Å². The quantitative estimate of drug-likeness (QED) is 0.825. The minimum absolute atomic E-state index is 0.0918. The number of carbonyl (C=O) groups is 1. The molecule has 3 nitrogen and oxygen atoms in total. The van der Waals surface area contributed by atoms with Crippen LogP contribution in [-0.4, -0.2) is 47.9 Å². The van der Waals surface area contributed by atoms with E-state index in [4.69, 9.17) is 0 Å². The van der Waals surface area contributed by atoms with E-state index in [1.165, 1.54) is 17.2 Å². The Labute approximate surface area is 158 Å². The fourth-order valence-corrected chi connectivity index (χ4v) is 4.23. The van der Waals surface area contributed by atoms with Crippen LogP contribution in [0.15, 0.2) is 42.5 Å². The van der Waals surface area contributed by atoms with Gasteiger partial charge >= 0.3 is 0 Å². The minimum Gasteiger partial charge on any atom is -0.340 e. The average molecular weight is 370 g/mol. The molecule has 0 aromatic heterocycles. The Hall–Kier alpha value is -2.27. The van der Waals surface area contributed by atoms with Gasteiger partial charge in [-0.05, 0) is 48.1 Å². The molecule has 5 heteroatoms. The molecule has 0 saturated carbocycles. The summed E-state index contributed by atoms with van der Waals surface area (Å²) in [4.78, 5) is 16.9. The van der Waals surface area contributed by atoms with Gasteiger partial charge < -0.3 is 4.90 Å². The van der Waals surface area contributed by atoms with Crippen LogP contribution in [0.5, 0.6) is 0 Å². The first-order chi connectivity index (χ1) is 13.1. The molecule has 2 aliphatic rings. The van der Waals surface area contributed by atoms with Gasteiger partial charge in [0.25, 0.3) is 0 Å². The number of amides is 1. The van der Waals surface area contributed by atoms with E-state index in [1.54, 1.807) is 6.07 Å². The first-order valence-electron chi connectivity index (χ1n) is 9.62. The average Bonchev–Trinajstić information content (AvgIpc) is 3.13. The van der Waals surface area contributed by atoms with Gasteiger partial charge in [0.15, 0.2) is 11.6 Å². The fourth-order valence-electron chi connectivity index (χ4n) is 4.23. The van der Waals surface area contributed by atoms with E-state index in [0.29, 0.717) is 24.4 Å². The van der Waals surface area contributed by atoms with Crippen LogP contribution in [0.2, 0.25) is 0 Å². The Morgan fingerprint density at radius 1 is 0.926 bits per heavy atom. The largest absolute Gasteiger partial charge is 0.340 e. The highest BCUT2D eigenvalue weighted by molar-refractivity contribution is 5.76. The molecule has 1 amide bonds. The van der Waals surface area contributed by atoms with Crippen molar-refractivity contribution in [2.24, 2.45) is 0 Å². The Bertz CT molecular complexity index is 806. The van der Waals surface area contributed by atoms with Gasteiger partial charge in [0.1, 0.15) is 0 Å². The number of benzene rings is 2. The molecule has 0 spiro atoms. The third-order valence-electron chi connectivity index (χ3n) is 5.82. The SMILES string of the molecule is O=C(CCc1ccc(F)c(F)c1)N1CCN(C2Cc3ccccc3C2)CC1. The minimum atomic E-state index is -0.855.